The Morgan fingerprint density at radius 3 is 2.54 bits per heavy atom. The first-order valence-electron chi connectivity index (χ1n) is 8.41. The van der Waals surface area contributed by atoms with Crippen molar-refractivity contribution in [2.45, 2.75) is 6.92 Å². The zero-order chi connectivity index (χ0) is 20.1. The molecule has 0 aliphatic rings. The summed E-state index contributed by atoms with van der Waals surface area (Å²) < 4.78 is 10.2. The number of anilines is 4. The highest BCUT2D eigenvalue weighted by atomic mass is 35.5. The lowest BCUT2D eigenvalue weighted by Gasteiger charge is -2.13. The van der Waals surface area contributed by atoms with Crippen LogP contribution in [0.4, 0.5) is 23.1 Å². The zero-order valence-electron chi connectivity index (χ0n) is 15.6. The number of nitrogens with one attached hydrogen (secondary N) is 2. The van der Waals surface area contributed by atoms with Crippen LogP contribution in [0.5, 0.6) is 5.75 Å². The molecule has 0 radical (unpaired) electrons. The standard InChI is InChI=1S/C20H19ClN4O3/c1-12-10-18(23-15-7-5-4-6-14(15)19(26)28-3)25-20(22-12)24-16-11-13(21)8-9-17(16)27-2/h4-11H,1-3H3,(H2,22,23,24,25). The van der Waals surface area contributed by atoms with Crippen LogP contribution in [0.2, 0.25) is 5.02 Å². The minimum Gasteiger partial charge on any atom is -0.495 e. The molecule has 0 atom stereocenters. The number of halogens is 1. The molecule has 3 rings (SSSR count). The summed E-state index contributed by atoms with van der Waals surface area (Å²) in [6.07, 6.45) is 0. The number of hydrogen-bond acceptors (Lipinski definition) is 7. The molecule has 1 heterocycles. The minimum absolute atomic E-state index is 0.360. The number of benzene rings is 2. The van der Waals surface area contributed by atoms with Gasteiger partial charge < -0.3 is 20.1 Å². The van der Waals surface area contributed by atoms with E-state index in [1.165, 1.54) is 7.11 Å². The van der Waals surface area contributed by atoms with Gasteiger partial charge in [0.05, 0.1) is 31.2 Å². The number of carbonyl (C=O) groups is 1. The highest BCUT2D eigenvalue weighted by Gasteiger charge is 2.13. The van der Waals surface area contributed by atoms with Gasteiger partial charge in [-0.15, -0.1) is 0 Å². The van der Waals surface area contributed by atoms with Crippen LogP contribution in [0.1, 0.15) is 16.1 Å². The van der Waals surface area contributed by atoms with Crippen LogP contribution in [0, 0.1) is 6.92 Å². The van der Waals surface area contributed by atoms with Gasteiger partial charge in [-0.25, -0.2) is 9.78 Å². The molecule has 0 aliphatic carbocycles. The number of methoxy groups -OCH3 is 2. The van der Waals surface area contributed by atoms with Crippen LogP contribution >= 0.6 is 11.6 Å². The number of hydrogen-bond donors (Lipinski definition) is 2. The van der Waals surface area contributed by atoms with Gasteiger partial charge in [0.15, 0.2) is 0 Å². The van der Waals surface area contributed by atoms with Crippen LogP contribution < -0.4 is 15.4 Å². The summed E-state index contributed by atoms with van der Waals surface area (Å²) >= 11 is 6.08. The maximum atomic E-state index is 12.0. The largest absolute Gasteiger partial charge is 0.495 e. The smallest absolute Gasteiger partial charge is 0.339 e. The number of carbonyl (C=O) groups excluding carboxylic acids is 1. The van der Waals surface area contributed by atoms with Crippen molar-refractivity contribution in [2.24, 2.45) is 0 Å². The fraction of sp³-hybridized carbons (Fsp3) is 0.150. The Bertz CT molecular complexity index is 1010. The normalized spacial score (nSPS) is 10.3. The molecule has 3 aromatic rings. The first-order valence-corrected chi connectivity index (χ1v) is 8.78. The first kappa shape index (κ1) is 19.4. The SMILES string of the molecule is COC(=O)c1ccccc1Nc1cc(C)nc(Nc2cc(Cl)ccc2OC)n1. The van der Waals surface area contributed by atoms with Crippen molar-refractivity contribution in [2.75, 3.05) is 24.9 Å². The molecular formula is C20H19ClN4O3. The van der Waals surface area contributed by atoms with E-state index in [0.717, 1.165) is 5.69 Å². The van der Waals surface area contributed by atoms with Crippen molar-refractivity contribution in [3.63, 3.8) is 0 Å². The molecule has 2 N–H and O–H groups in total. The van der Waals surface area contributed by atoms with Crippen LogP contribution in [0.3, 0.4) is 0 Å². The van der Waals surface area contributed by atoms with E-state index >= 15 is 0 Å². The summed E-state index contributed by atoms with van der Waals surface area (Å²) in [4.78, 5) is 20.8. The molecule has 1 aromatic heterocycles. The van der Waals surface area contributed by atoms with E-state index in [0.29, 0.717) is 39.5 Å². The third-order valence-corrected chi connectivity index (χ3v) is 4.09. The number of para-hydroxylation sites is 1. The Balaban J connectivity index is 1.91. The molecule has 28 heavy (non-hydrogen) atoms. The summed E-state index contributed by atoms with van der Waals surface area (Å²) in [5.74, 6) is 1.06. The third kappa shape index (κ3) is 4.50. The summed E-state index contributed by atoms with van der Waals surface area (Å²) in [5, 5.41) is 6.82. The van der Waals surface area contributed by atoms with Gasteiger partial charge in [0, 0.05) is 16.8 Å². The maximum absolute atomic E-state index is 12.0. The second-order valence-corrected chi connectivity index (χ2v) is 6.29. The van der Waals surface area contributed by atoms with Crippen molar-refractivity contribution in [3.05, 3.63) is 64.8 Å². The van der Waals surface area contributed by atoms with Gasteiger partial charge in [0.1, 0.15) is 11.6 Å². The predicted molar refractivity (Wildman–Crippen MR) is 109 cm³/mol. The number of aromatic nitrogens is 2. The van der Waals surface area contributed by atoms with Gasteiger partial charge in [-0.2, -0.15) is 4.98 Å². The van der Waals surface area contributed by atoms with Crippen LogP contribution in [-0.4, -0.2) is 30.2 Å². The fourth-order valence-electron chi connectivity index (χ4n) is 2.60. The van der Waals surface area contributed by atoms with E-state index in [2.05, 4.69) is 20.6 Å². The molecule has 0 amide bonds. The van der Waals surface area contributed by atoms with E-state index in [-0.39, 0.29) is 0 Å². The second kappa shape index (κ2) is 8.58. The van der Waals surface area contributed by atoms with Gasteiger partial charge in [0.2, 0.25) is 5.95 Å². The number of nitrogens with zero attached hydrogens (tertiary/aromatic N) is 2. The molecule has 0 unspecified atom stereocenters. The number of esters is 1. The molecule has 2 aromatic carbocycles. The Hall–Kier alpha value is -3.32. The van der Waals surface area contributed by atoms with Crippen LogP contribution in [0.25, 0.3) is 0 Å². The Kier molecular flexibility index (Phi) is 5.96. The second-order valence-electron chi connectivity index (χ2n) is 5.85. The quantitative estimate of drug-likeness (QED) is 0.581. The van der Waals surface area contributed by atoms with Crippen molar-refractivity contribution in [3.8, 4) is 5.75 Å². The van der Waals surface area contributed by atoms with Crippen molar-refractivity contribution in [1.29, 1.82) is 0 Å². The Labute approximate surface area is 167 Å². The molecule has 144 valence electrons. The van der Waals surface area contributed by atoms with E-state index in [1.807, 2.05) is 13.0 Å². The first-order chi connectivity index (χ1) is 13.5. The predicted octanol–water partition coefficient (Wildman–Crippen LogP) is 4.72. The van der Waals surface area contributed by atoms with E-state index < -0.39 is 5.97 Å². The number of rotatable bonds is 6. The van der Waals surface area contributed by atoms with Gasteiger partial charge >= 0.3 is 5.97 Å². The average Bonchev–Trinajstić information content (AvgIpc) is 2.67. The lowest BCUT2D eigenvalue weighted by atomic mass is 10.2. The lowest BCUT2D eigenvalue weighted by molar-refractivity contribution is 0.0602. The van der Waals surface area contributed by atoms with Crippen molar-refractivity contribution < 1.29 is 14.3 Å². The molecule has 0 saturated heterocycles. The summed E-state index contributed by atoms with van der Waals surface area (Å²) in [6.45, 7) is 1.85. The lowest BCUT2D eigenvalue weighted by Crippen LogP contribution is -2.07. The molecule has 0 aliphatic heterocycles. The summed E-state index contributed by atoms with van der Waals surface area (Å²) in [5.41, 5.74) is 2.36. The van der Waals surface area contributed by atoms with Crippen molar-refractivity contribution in [1.82, 2.24) is 9.97 Å². The molecule has 0 bridgehead atoms. The maximum Gasteiger partial charge on any atom is 0.339 e. The van der Waals surface area contributed by atoms with E-state index in [4.69, 9.17) is 21.1 Å². The summed E-state index contributed by atoms with van der Waals surface area (Å²) in [6, 6.07) is 14.0. The Morgan fingerprint density at radius 2 is 1.79 bits per heavy atom. The molecule has 8 heteroatoms. The van der Waals surface area contributed by atoms with Gasteiger partial charge in [0.25, 0.3) is 0 Å². The molecule has 7 nitrogen and oxygen atoms in total. The third-order valence-electron chi connectivity index (χ3n) is 3.86. The van der Waals surface area contributed by atoms with E-state index in [1.54, 1.807) is 49.6 Å². The highest BCUT2D eigenvalue weighted by molar-refractivity contribution is 6.31. The number of aryl methyl sites for hydroxylation is 1. The minimum atomic E-state index is -0.434. The average molecular weight is 399 g/mol. The fourth-order valence-corrected chi connectivity index (χ4v) is 2.78. The highest BCUT2D eigenvalue weighted by Crippen LogP contribution is 2.30. The van der Waals surface area contributed by atoms with Gasteiger partial charge in [-0.1, -0.05) is 23.7 Å². The van der Waals surface area contributed by atoms with Crippen LogP contribution in [-0.2, 0) is 4.74 Å². The molecule has 0 fully saturated rings. The topological polar surface area (TPSA) is 85.4 Å². The zero-order valence-corrected chi connectivity index (χ0v) is 16.4. The number of ether oxygens (including phenoxy) is 2. The molecule has 0 saturated carbocycles. The van der Waals surface area contributed by atoms with E-state index in [9.17, 15) is 4.79 Å². The molecular weight excluding hydrogens is 380 g/mol. The Morgan fingerprint density at radius 1 is 1.00 bits per heavy atom. The molecule has 0 spiro atoms. The van der Waals surface area contributed by atoms with Crippen molar-refractivity contribution >= 4 is 40.7 Å². The van der Waals surface area contributed by atoms with Crippen LogP contribution in [0.15, 0.2) is 48.5 Å². The summed E-state index contributed by atoms with van der Waals surface area (Å²) in [7, 11) is 2.91. The van der Waals surface area contributed by atoms with Gasteiger partial charge in [-0.3, -0.25) is 0 Å². The van der Waals surface area contributed by atoms with Gasteiger partial charge in [-0.05, 0) is 37.3 Å². The monoisotopic (exact) mass is 398 g/mol.